The number of carbonyl (C=O) groups is 1. The van der Waals surface area contributed by atoms with Gasteiger partial charge in [0.1, 0.15) is 0 Å². The molecule has 0 spiro atoms. The third kappa shape index (κ3) is 5.17. The zero-order valence-electron chi connectivity index (χ0n) is 14.6. The molecule has 3 rings (SSSR count). The summed E-state index contributed by atoms with van der Waals surface area (Å²) in [6, 6.07) is 5.73. The Morgan fingerprint density at radius 3 is 2.50 bits per heavy atom. The van der Waals surface area contributed by atoms with Crippen molar-refractivity contribution in [3.05, 3.63) is 36.2 Å². The molecule has 2 aliphatic heterocycles. The monoisotopic (exact) mass is 327 g/mol. The van der Waals surface area contributed by atoms with E-state index in [9.17, 15) is 4.79 Å². The maximum absolute atomic E-state index is 12.3. The lowest BCUT2D eigenvalue weighted by Gasteiger charge is -2.34. The predicted molar refractivity (Wildman–Crippen MR) is 97.5 cm³/mol. The molecule has 2 saturated heterocycles. The van der Waals surface area contributed by atoms with E-state index in [-0.39, 0.29) is 5.91 Å². The highest BCUT2D eigenvalue weighted by Crippen LogP contribution is 2.20. The summed E-state index contributed by atoms with van der Waals surface area (Å²) in [5.74, 6) is 0.876. The minimum absolute atomic E-state index is 0.119. The second-order valence-corrected chi connectivity index (χ2v) is 7.07. The van der Waals surface area contributed by atoms with Gasteiger partial charge in [0.2, 0.25) is 5.91 Å². The van der Waals surface area contributed by atoms with Crippen molar-refractivity contribution in [1.82, 2.24) is 14.8 Å². The number of carbonyl (C=O) groups excluding carboxylic acids is 1. The molecule has 130 valence electrons. The maximum Gasteiger partial charge on any atom is 0.246 e. The van der Waals surface area contributed by atoms with Gasteiger partial charge in [-0.05, 0) is 62.9 Å². The fourth-order valence-electron chi connectivity index (χ4n) is 3.76. The van der Waals surface area contributed by atoms with E-state index in [0.29, 0.717) is 0 Å². The number of pyridine rings is 1. The molecule has 0 aliphatic carbocycles. The third-order valence-electron chi connectivity index (χ3n) is 5.23. The minimum atomic E-state index is 0.119. The number of amides is 1. The van der Waals surface area contributed by atoms with Gasteiger partial charge in [0.15, 0.2) is 0 Å². The van der Waals surface area contributed by atoms with E-state index in [2.05, 4.69) is 9.88 Å². The summed E-state index contributed by atoms with van der Waals surface area (Å²) in [5.41, 5.74) is 0.835. The quantitative estimate of drug-likeness (QED) is 0.797. The van der Waals surface area contributed by atoms with Crippen LogP contribution in [0.4, 0.5) is 0 Å². The third-order valence-corrected chi connectivity index (χ3v) is 5.23. The fraction of sp³-hybridized carbons (Fsp3) is 0.600. The van der Waals surface area contributed by atoms with Crippen molar-refractivity contribution in [3.63, 3.8) is 0 Å². The summed E-state index contributed by atoms with van der Waals surface area (Å²) in [5, 5.41) is 0. The van der Waals surface area contributed by atoms with Crippen molar-refractivity contribution in [2.45, 2.75) is 38.5 Å². The van der Waals surface area contributed by atoms with E-state index in [0.717, 1.165) is 37.5 Å². The average Bonchev–Trinajstić information content (AvgIpc) is 2.90. The van der Waals surface area contributed by atoms with Crippen molar-refractivity contribution in [1.29, 1.82) is 0 Å². The largest absolute Gasteiger partial charge is 0.339 e. The summed E-state index contributed by atoms with van der Waals surface area (Å²) >= 11 is 0. The van der Waals surface area contributed by atoms with Crippen LogP contribution in [0.3, 0.4) is 0 Å². The topological polar surface area (TPSA) is 36.4 Å². The van der Waals surface area contributed by atoms with Gasteiger partial charge in [-0.3, -0.25) is 9.78 Å². The fourth-order valence-corrected chi connectivity index (χ4v) is 3.76. The SMILES string of the molecule is O=C(/C=C/c1ccccn1)N1CCC(CN2CCCCCC2)CC1. The minimum Gasteiger partial charge on any atom is -0.339 e. The first kappa shape index (κ1) is 17.2. The second-order valence-electron chi connectivity index (χ2n) is 7.07. The molecule has 0 saturated carbocycles. The normalized spacial score (nSPS) is 21.1. The summed E-state index contributed by atoms with van der Waals surface area (Å²) in [4.78, 5) is 21.2. The number of hydrogen-bond donors (Lipinski definition) is 0. The Morgan fingerprint density at radius 1 is 1.08 bits per heavy atom. The Bertz CT molecular complexity index is 527. The van der Waals surface area contributed by atoms with Gasteiger partial charge in [-0.1, -0.05) is 18.9 Å². The average molecular weight is 327 g/mol. The highest BCUT2D eigenvalue weighted by molar-refractivity contribution is 5.91. The van der Waals surface area contributed by atoms with Crippen LogP contribution >= 0.6 is 0 Å². The Kier molecular flexibility index (Phi) is 6.41. The first-order valence-electron chi connectivity index (χ1n) is 9.41. The van der Waals surface area contributed by atoms with E-state index in [1.165, 1.54) is 45.3 Å². The van der Waals surface area contributed by atoms with Crippen LogP contribution in [-0.2, 0) is 4.79 Å². The van der Waals surface area contributed by atoms with Crippen molar-refractivity contribution in [2.75, 3.05) is 32.7 Å². The highest BCUT2D eigenvalue weighted by atomic mass is 16.2. The molecule has 0 bridgehead atoms. The Morgan fingerprint density at radius 2 is 1.83 bits per heavy atom. The van der Waals surface area contributed by atoms with Gasteiger partial charge in [0, 0.05) is 31.9 Å². The molecule has 0 aromatic carbocycles. The van der Waals surface area contributed by atoms with Crippen molar-refractivity contribution in [2.24, 2.45) is 5.92 Å². The molecule has 4 heteroatoms. The Balaban J connectivity index is 1.42. The summed E-state index contributed by atoms with van der Waals surface area (Å²) in [7, 11) is 0. The molecule has 1 amide bonds. The van der Waals surface area contributed by atoms with Crippen molar-refractivity contribution < 1.29 is 4.79 Å². The number of aromatic nitrogens is 1. The molecule has 0 radical (unpaired) electrons. The molecule has 24 heavy (non-hydrogen) atoms. The van der Waals surface area contributed by atoms with Crippen LogP contribution in [0.5, 0.6) is 0 Å². The number of likely N-dealkylation sites (tertiary alicyclic amines) is 2. The van der Waals surface area contributed by atoms with E-state index < -0.39 is 0 Å². The van der Waals surface area contributed by atoms with Gasteiger partial charge >= 0.3 is 0 Å². The number of rotatable bonds is 4. The lowest BCUT2D eigenvalue weighted by Crippen LogP contribution is -2.41. The van der Waals surface area contributed by atoms with Crippen LogP contribution in [0, 0.1) is 5.92 Å². The number of piperidine rings is 1. The molecule has 3 heterocycles. The molecule has 0 atom stereocenters. The zero-order valence-corrected chi connectivity index (χ0v) is 14.6. The van der Waals surface area contributed by atoms with Crippen LogP contribution in [0.25, 0.3) is 6.08 Å². The number of nitrogens with zero attached hydrogens (tertiary/aromatic N) is 3. The van der Waals surface area contributed by atoms with Crippen molar-refractivity contribution >= 4 is 12.0 Å². The standard InChI is InChI=1S/C20H29N3O/c24-20(9-8-19-7-3-4-12-21-19)23-15-10-18(11-16-23)17-22-13-5-1-2-6-14-22/h3-4,7-9,12,18H,1-2,5-6,10-11,13-17H2/b9-8+. The van der Waals surface area contributed by atoms with E-state index in [1.807, 2.05) is 29.2 Å². The molecule has 1 aromatic heterocycles. The molecule has 0 N–H and O–H groups in total. The Labute approximate surface area is 145 Å². The molecule has 2 fully saturated rings. The van der Waals surface area contributed by atoms with Crippen molar-refractivity contribution in [3.8, 4) is 0 Å². The molecule has 2 aliphatic rings. The molecule has 0 unspecified atom stereocenters. The van der Waals surface area contributed by atoms with Crippen LogP contribution in [0.1, 0.15) is 44.2 Å². The van der Waals surface area contributed by atoms with Crippen LogP contribution in [0.15, 0.2) is 30.5 Å². The Hall–Kier alpha value is -1.68. The summed E-state index contributed by atoms with van der Waals surface area (Å²) < 4.78 is 0. The van der Waals surface area contributed by atoms with E-state index in [4.69, 9.17) is 0 Å². The second kappa shape index (κ2) is 8.97. The van der Waals surface area contributed by atoms with Gasteiger partial charge in [-0.25, -0.2) is 0 Å². The van der Waals surface area contributed by atoms with Gasteiger partial charge in [-0.15, -0.1) is 0 Å². The van der Waals surface area contributed by atoms with Crippen LogP contribution < -0.4 is 0 Å². The lowest BCUT2D eigenvalue weighted by molar-refractivity contribution is -0.127. The number of hydrogen-bond acceptors (Lipinski definition) is 3. The van der Waals surface area contributed by atoms with Gasteiger partial charge in [0.25, 0.3) is 0 Å². The van der Waals surface area contributed by atoms with E-state index in [1.54, 1.807) is 12.3 Å². The first-order chi connectivity index (χ1) is 11.8. The predicted octanol–water partition coefficient (Wildman–Crippen LogP) is 3.21. The van der Waals surface area contributed by atoms with Crippen LogP contribution in [-0.4, -0.2) is 53.4 Å². The molecular weight excluding hydrogens is 298 g/mol. The smallest absolute Gasteiger partial charge is 0.246 e. The maximum atomic E-state index is 12.3. The first-order valence-corrected chi connectivity index (χ1v) is 9.41. The van der Waals surface area contributed by atoms with Crippen LogP contribution in [0.2, 0.25) is 0 Å². The van der Waals surface area contributed by atoms with E-state index >= 15 is 0 Å². The lowest BCUT2D eigenvalue weighted by atomic mass is 9.96. The van der Waals surface area contributed by atoms with Gasteiger partial charge < -0.3 is 9.80 Å². The summed E-state index contributed by atoms with van der Waals surface area (Å²) in [6.07, 6.45) is 13.0. The summed E-state index contributed by atoms with van der Waals surface area (Å²) in [6.45, 7) is 5.55. The molecular formula is C20H29N3O. The molecule has 4 nitrogen and oxygen atoms in total. The van der Waals surface area contributed by atoms with Gasteiger partial charge in [-0.2, -0.15) is 0 Å². The highest BCUT2D eigenvalue weighted by Gasteiger charge is 2.23. The zero-order chi connectivity index (χ0) is 16.6. The van der Waals surface area contributed by atoms with Gasteiger partial charge in [0.05, 0.1) is 5.69 Å². The molecule has 1 aromatic rings.